The summed E-state index contributed by atoms with van der Waals surface area (Å²) in [7, 11) is 0. The first-order valence-electron chi connectivity index (χ1n) is 5.82. The molecule has 1 heterocycles. The van der Waals surface area contributed by atoms with Gasteiger partial charge in [0.2, 0.25) is 5.91 Å². The van der Waals surface area contributed by atoms with E-state index in [1.807, 2.05) is 11.8 Å². The highest BCUT2D eigenvalue weighted by molar-refractivity contribution is 5.82. The molecule has 1 amide bonds. The van der Waals surface area contributed by atoms with Crippen LogP contribution < -0.4 is 5.32 Å². The minimum absolute atomic E-state index is 0.128. The predicted molar refractivity (Wildman–Crippen MR) is 59.6 cm³/mol. The van der Waals surface area contributed by atoms with E-state index >= 15 is 0 Å². The largest absolute Gasteiger partial charge is 0.392 e. The summed E-state index contributed by atoms with van der Waals surface area (Å²) in [6, 6.07) is 0.0935. The van der Waals surface area contributed by atoms with Crippen LogP contribution in [0.4, 0.5) is 0 Å². The van der Waals surface area contributed by atoms with Crippen LogP contribution in [0.2, 0.25) is 0 Å². The quantitative estimate of drug-likeness (QED) is 0.710. The molecule has 1 aliphatic rings. The van der Waals surface area contributed by atoms with Gasteiger partial charge in [0.05, 0.1) is 12.1 Å². The number of rotatable bonds is 4. The number of carbonyl (C=O) groups excluding carboxylic acids is 1. The second-order valence-electron chi connectivity index (χ2n) is 4.23. The normalized spacial score (nSPS) is 27.7. The molecule has 0 radical (unpaired) electrons. The summed E-state index contributed by atoms with van der Waals surface area (Å²) in [6.07, 6.45) is 1.15. The molecule has 88 valence electrons. The summed E-state index contributed by atoms with van der Waals surface area (Å²) >= 11 is 0. The zero-order chi connectivity index (χ0) is 11.4. The molecule has 0 aromatic rings. The van der Waals surface area contributed by atoms with E-state index in [1.54, 1.807) is 0 Å². The molecule has 3 atom stereocenters. The molecule has 1 rings (SSSR count). The van der Waals surface area contributed by atoms with Crippen molar-refractivity contribution in [3.63, 3.8) is 0 Å². The Hall–Kier alpha value is -0.610. The number of nitrogens with zero attached hydrogens (tertiary/aromatic N) is 1. The van der Waals surface area contributed by atoms with E-state index in [-0.39, 0.29) is 24.1 Å². The maximum atomic E-state index is 12.1. The van der Waals surface area contributed by atoms with Crippen molar-refractivity contribution in [3.8, 4) is 0 Å². The van der Waals surface area contributed by atoms with Crippen LogP contribution in [-0.4, -0.2) is 47.2 Å². The third-order valence-electron chi connectivity index (χ3n) is 3.15. The van der Waals surface area contributed by atoms with E-state index in [1.165, 1.54) is 0 Å². The molecule has 4 nitrogen and oxygen atoms in total. The highest BCUT2D eigenvalue weighted by atomic mass is 16.3. The Kier molecular flexibility index (Phi) is 4.54. The van der Waals surface area contributed by atoms with E-state index in [2.05, 4.69) is 19.2 Å². The Morgan fingerprint density at radius 2 is 2.27 bits per heavy atom. The van der Waals surface area contributed by atoms with Crippen LogP contribution in [0.3, 0.4) is 0 Å². The highest BCUT2D eigenvalue weighted by Gasteiger charge is 2.31. The van der Waals surface area contributed by atoms with Gasteiger partial charge in [-0.2, -0.15) is 0 Å². The Bertz CT molecular complexity index is 221. The molecule has 15 heavy (non-hydrogen) atoms. The molecule has 0 aromatic carbocycles. The first kappa shape index (κ1) is 12.5. The lowest BCUT2D eigenvalue weighted by atomic mass is 10.1. The first-order valence-corrected chi connectivity index (χ1v) is 5.82. The van der Waals surface area contributed by atoms with Crippen LogP contribution in [0.1, 0.15) is 33.6 Å². The molecule has 0 saturated carbocycles. The number of β-amino-alcohol motifs (C(OH)–C–C–N with tert-alkyl or cyclic N) is 1. The molecule has 2 N–H and O–H groups in total. The fourth-order valence-electron chi connectivity index (χ4n) is 2.01. The Balaban J connectivity index is 2.57. The summed E-state index contributed by atoms with van der Waals surface area (Å²) in [5.74, 6) is 0.128. The lowest BCUT2D eigenvalue weighted by Crippen LogP contribution is -2.47. The zero-order valence-electron chi connectivity index (χ0n) is 9.86. The molecule has 0 spiro atoms. The van der Waals surface area contributed by atoms with Crippen molar-refractivity contribution in [2.24, 2.45) is 0 Å². The monoisotopic (exact) mass is 214 g/mol. The molecule has 0 aliphatic carbocycles. The van der Waals surface area contributed by atoms with Gasteiger partial charge in [-0.15, -0.1) is 0 Å². The van der Waals surface area contributed by atoms with Crippen molar-refractivity contribution in [2.45, 2.75) is 51.8 Å². The van der Waals surface area contributed by atoms with Gasteiger partial charge in [-0.25, -0.2) is 0 Å². The molecule has 3 unspecified atom stereocenters. The minimum Gasteiger partial charge on any atom is -0.392 e. The number of likely N-dealkylation sites (N-methyl/N-ethyl adjacent to an activating group) is 1. The van der Waals surface area contributed by atoms with Crippen molar-refractivity contribution < 1.29 is 9.90 Å². The Labute approximate surface area is 91.6 Å². The minimum atomic E-state index is -0.366. The number of hydrogen-bond donors (Lipinski definition) is 2. The van der Waals surface area contributed by atoms with Gasteiger partial charge in [0.25, 0.3) is 0 Å². The van der Waals surface area contributed by atoms with E-state index in [0.29, 0.717) is 13.0 Å². The number of nitrogens with one attached hydrogen (secondary N) is 1. The van der Waals surface area contributed by atoms with E-state index < -0.39 is 0 Å². The first-order chi connectivity index (χ1) is 7.10. The number of aliphatic hydroxyl groups is 1. The average molecular weight is 214 g/mol. The molecule has 1 aliphatic heterocycles. The average Bonchev–Trinajstić information content (AvgIpc) is 2.65. The van der Waals surface area contributed by atoms with Gasteiger partial charge in [0.1, 0.15) is 0 Å². The van der Waals surface area contributed by atoms with Gasteiger partial charge < -0.3 is 15.3 Å². The molecular weight excluding hydrogens is 192 g/mol. The van der Waals surface area contributed by atoms with Crippen LogP contribution >= 0.6 is 0 Å². The molecule has 0 bridgehead atoms. The maximum absolute atomic E-state index is 12.1. The SMILES string of the molecule is CCC(C)N(CC)C(=O)C1CC(O)CN1. The van der Waals surface area contributed by atoms with Gasteiger partial charge in [-0.1, -0.05) is 6.92 Å². The van der Waals surface area contributed by atoms with Crippen molar-refractivity contribution in [1.29, 1.82) is 0 Å². The second kappa shape index (κ2) is 5.47. The lowest BCUT2D eigenvalue weighted by Gasteiger charge is -2.29. The van der Waals surface area contributed by atoms with E-state index in [4.69, 9.17) is 0 Å². The molecule has 4 heteroatoms. The standard InChI is InChI=1S/C11H22N2O2/c1-4-8(3)13(5-2)11(15)10-6-9(14)7-12-10/h8-10,12,14H,4-7H2,1-3H3. The van der Waals surface area contributed by atoms with Crippen LogP contribution in [0.15, 0.2) is 0 Å². The fraction of sp³-hybridized carbons (Fsp3) is 0.909. The van der Waals surface area contributed by atoms with E-state index in [0.717, 1.165) is 13.0 Å². The Morgan fingerprint density at radius 1 is 1.60 bits per heavy atom. The third-order valence-corrected chi connectivity index (χ3v) is 3.15. The van der Waals surface area contributed by atoms with Crippen molar-refractivity contribution in [2.75, 3.05) is 13.1 Å². The lowest BCUT2D eigenvalue weighted by molar-refractivity contribution is -0.135. The van der Waals surface area contributed by atoms with Crippen molar-refractivity contribution >= 4 is 5.91 Å². The topological polar surface area (TPSA) is 52.6 Å². The second-order valence-corrected chi connectivity index (χ2v) is 4.23. The number of amides is 1. The van der Waals surface area contributed by atoms with Crippen LogP contribution in [0.5, 0.6) is 0 Å². The highest BCUT2D eigenvalue weighted by Crippen LogP contribution is 2.12. The third kappa shape index (κ3) is 2.92. The number of carbonyl (C=O) groups is 1. The van der Waals surface area contributed by atoms with Crippen molar-refractivity contribution in [3.05, 3.63) is 0 Å². The van der Waals surface area contributed by atoms with Crippen LogP contribution in [-0.2, 0) is 4.79 Å². The predicted octanol–water partition coefficient (Wildman–Crippen LogP) is 0.356. The molecule has 1 saturated heterocycles. The summed E-state index contributed by atoms with van der Waals surface area (Å²) in [5.41, 5.74) is 0. The zero-order valence-corrected chi connectivity index (χ0v) is 9.86. The van der Waals surface area contributed by atoms with Crippen molar-refractivity contribution in [1.82, 2.24) is 10.2 Å². The smallest absolute Gasteiger partial charge is 0.240 e. The Morgan fingerprint density at radius 3 is 2.67 bits per heavy atom. The number of aliphatic hydroxyl groups excluding tert-OH is 1. The summed E-state index contributed by atoms with van der Waals surface area (Å²) in [6.45, 7) is 7.41. The van der Waals surface area contributed by atoms with Gasteiger partial charge in [0.15, 0.2) is 0 Å². The summed E-state index contributed by atoms with van der Waals surface area (Å²) in [5, 5.41) is 12.4. The molecule has 0 aromatic heterocycles. The van der Waals surface area contributed by atoms with Crippen LogP contribution in [0.25, 0.3) is 0 Å². The molecular formula is C11H22N2O2. The summed E-state index contributed by atoms with van der Waals surface area (Å²) < 4.78 is 0. The van der Waals surface area contributed by atoms with Gasteiger partial charge in [-0.05, 0) is 26.7 Å². The van der Waals surface area contributed by atoms with Crippen LogP contribution in [0, 0.1) is 0 Å². The van der Waals surface area contributed by atoms with Gasteiger partial charge in [0, 0.05) is 19.1 Å². The van der Waals surface area contributed by atoms with Gasteiger partial charge >= 0.3 is 0 Å². The molecule has 1 fully saturated rings. The number of hydrogen-bond acceptors (Lipinski definition) is 3. The fourth-order valence-corrected chi connectivity index (χ4v) is 2.01. The summed E-state index contributed by atoms with van der Waals surface area (Å²) in [4.78, 5) is 14.0. The van der Waals surface area contributed by atoms with Gasteiger partial charge in [-0.3, -0.25) is 4.79 Å². The van der Waals surface area contributed by atoms with E-state index in [9.17, 15) is 9.90 Å². The maximum Gasteiger partial charge on any atom is 0.240 e.